The monoisotopic (exact) mass is 380 g/mol. The highest BCUT2D eigenvalue weighted by Gasteiger charge is 2.27. The minimum atomic E-state index is -0.979. The van der Waals surface area contributed by atoms with Crippen LogP contribution in [0.25, 0.3) is 10.9 Å². The average molecular weight is 380 g/mol. The Bertz CT molecular complexity index is 1090. The highest BCUT2D eigenvalue weighted by Crippen LogP contribution is 2.24. The van der Waals surface area contributed by atoms with Crippen LogP contribution in [0.4, 0.5) is 0 Å². The van der Waals surface area contributed by atoms with Crippen LogP contribution < -0.4 is 0 Å². The number of nitrogens with zero attached hydrogens (tertiary/aromatic N) is 1. The molecule has 0 amide bonds. The number of rotatable bonds is 6. The standard InChI is InChI=1S/C22H24N2O4/c1-6-24-11-17(16-9-7-8-10-18(16)24)22(27)28-15(5)21(26)20-12(2)19(14(4)25)13(3)23-20/h7-11,15,23H,6H2,1-5H3. The molecule has 0 radical (unpaired) electrons. The molecule has 0 bridgehead atoms. The van der Waals surface area contributed by atoms with Crippen molar-refractivity contribution in [2.45, 2.75) is 47.3 Å². The van der Waals surface area contributed by atoms with Gasteiger partial charge in [-0.05, 0) is 46.2 Å². The molecule has 0 fully saturated rings. The number of ketones is 2. The molecule has 0 aliphatic carbocycles. The first kappa shape index (κ1) is 19.6. The summed E-state index contributed by atoms with van der Waals surface area (Å²) in [5.74, 6) is -1.01. The lowest BCUT2D eigenvalue weighted by Gasteiger charge is -2.12. The molecule has 1 aromatic carbocycles. The Morgan fingerprint density at radius 1 is 1.18 bits per heavy atom. The molecule has 28 heavy (non-hydrogen) atoms. The highest BCUT2D eigenvalue weighted by molar-refractivity contribution is 6.08. The summed E-state index contributed by atoms with van der Waals surface area (Å²) in [4.78, 5) is 40.3. The van der Waals surface area contributed by atoms with Gasteiger partial charge in [0.05, 0.1) is 11.3 Å². The van der Waals surface area contributed by atoms with Crippen molar-refractivity contribution in [3.63, 3.8) is 0 Å². The van der Waals surface area contributed by atoms with E-state index in [4.69, 9.17) is 4.74 Å². The van der Waals surface area contributed by atoms with Crippen LogP contribution in [-0.2, 0) is 11.3 Å². The Balaban J connectivity index is 1.87. The molecular formula is C22H24N2O4. The van der Waals surface area contributed by atoms with Gasteiger partial charge >= 0.3 is 5.97 Å². The number of aromatic amines is 1. The van der Waals surface area contributed by atoms with Crippen molar-refractivity contribution in [2.24, 2.45) is 0 Å². The Labute approximate surface area is 163 Å². The van der Waals surface area contributed by atoms with E-state index in [1.807, 2.05) is 35.8 Å². The molecule has 0 spiro atoms. The largest absolute Gasteiger partial charge is 0.451 e. The third kappa shape index (κ3) is 3.26. The number of benzene rings is 1. The number of nitrogens with one attached hydrogen (secondary N) is 1. The van der Waals surface area contributed by atoms with E-state index < -0.39 is 12.1 Å². The molecular weight excluding hydrogens is 356 g/mol. The molecule has 3 rings (SSSR count). The summed E-state index contributed by atoms with van der Waals surface area (Å²) in [7, 11) is 0. The SMILES string of the molecule is CCn1cc(C(=O)OC(C)C(=O)c2[nH]c(C)c(C(C)=O)c2C)c2ccccc21. The van der Waals surface area contributed by atoms with E-state index >= 15 is 0 Å². The molecule has 6 heteroatoms. The molecule has 1 N–H and O–H groups in total. The van der Waals surface area contributed by atoms with Gasteiger partial charge in [0, 0.05) is 34.9 Å². The van der Waals surface area contributed by atoms with Crippen molar-refractivity contribution >= 4 is 28.4 Å². The first-order valence-electron chi connectivity index (χ1n) is 9.29. The molecule has 6 nitrogen and oxygen atoms in total. The first-order valence-corrected chi connectivity index (χ1v) is 9.29. The molecule has 146 valence electrons. The van der Waals surface area contributed by atoms with Crippen LogP contribution in [0, 0.1) is 13.8 Å². The van der Waals surface area contributed by atoms with E-state index in [2.05, 4.69) is 4.98 Å². The van der Waals surface area contributed by atoms with Gasteiger partial charge in [-0.2, -0.15) is 0 Å². The van der Waals surface area contributed by atoms with Crippen molar-refractivity contribution in [3.8, 4) is 0 Å². The maximum Gasteiger partial charge on any atom is 0.341 e. The number of ether oxygens (including phenoxy) is 1. The number of para-hydroxylation sites is 1. The number of carbonyl (C=O) groups excluding carboxylic acids is 3. The smallest absolute Gasteiger partial charge is 0.341 e. The van der Waals surface area contributed by atoms with E-state index in [0.29, 0.717) is 28.1 Å². The van der Waals surface area contributed by atoms with Crippen molar-refractivity contribution in [1.82, 2.24) is 9.55 Å². The Morgan fingerprint density at radius 2 is 1.86 bits per heavy atom. The second-order valence-electron chi connectivity index (χ2n) is 6.94. The van der Waals surface area contributed by atoms with Crippen LogP contribution in [-0.4, -0.2) is 33.2 Å². The van der Waals surface area contributed by atoms with Crippen LogP contribution in [0.3, 0.4) is 0 Å². The summed E-state index contributed by atoms with van der Waals surface area (Å²) in [6.45, 7) is 9.19. The Kier molecular flexibility index (Phi) is 5.23. The van der Waals surface area contributed by atoms with Gasteiger partial charge in [-0.3, -0.25) is 9.59 Å². The van der Waals surface area contributed by atoms with Gasteiger partial charge in [0.1, 0.15) is 0 Å². The number of hydrogen-bond acceptors (Lipinski definition) is 4. The molecule has 3 aromatic rings. The van der Waals surface area contributed by atoms with Gasteiger partial charge in [-0.1, -0.05) is 18.2 Å². The number of H-pyrrole nitrogens is 1. The summed E-state index contributed by atoms with van der Waals surface area (Å²) in [6, 6.07) is 7.58. The predicted octanol–water partition coefficient (Wildman–Crippen LogP) is 4.24. The molecule has 0 aliphatic heterocycles. The average Bonchev–Trinajstić information content (AvgIpc) is 3.18. The van der Waals surface area contributed by atoms with Gasteiger partial charge in [0.2, 0.25) is 5.78 Å². The minimum absolute atomic E-state index is 0.109. The van der Waals surface area contributed by atoms with Crippen LogP contribution in [0.2, 0.25) is 0 Å². The zero-order valence-corrected chi connectivity index (χ0v) is 16.8. The van der Waals surface area contributed by atoms with Crippen LogP contribution >= 0.6 is 0 Å². The Morgan fingerprint density at radius 3 is 2.46 bits per heavy atom. The minimum Gasteiger partial charge on any atom is -0.451 e. The number of carbonyl (C=O) groups is 3. The van der Waals surface area contributed by atoms with E-state index in [1.54, 1.807) is 27.0 Å². The fraction of sp³-hybridized carbons (Fsp3) is 0.318. The first-order chi connectivity index (χ1) is 13.3. The molecule has 0 aliphatic rings. The van der Waals surface area contributed by atoms with Crippen LogP contribution in [0.1, 0.15) is 63.2 Å². The second-order valence-corrected chi connectivity index (χ2v) is 6.94. The number of hydrogen-bond donors (Lipinski definition) is 1. The second kappa shape index (κ2) is 7.46. The lowest BCUT2D eigenvalue weighted by atomic mass is 10.0. The van der Waals surface area contributed by atoms with Crippen molar-refractivity contribution in [2.75, 3.05) is 0 Å². The molecule has 2 heterocycles. The maximum atomic E-state index is 12.8. The topological polar surface area (TPSA) is 81.2 Å². The Hall–Kier alpha value is -3.15. The zero-order valence-electron chi connectivity index (χ0n) is 16.8. The number of aromatic nitrogens is 2. The van der Waals surface area contributed by atoms with E-state index in [-0.39, 0.29) is 11.6 Å². The molecule has 0 saturated heterocycles. The highest BCUT2D eigenvalue weighted by atomic mass is 16.5. The number of Topliss-reactive ketones (excluding diaryl/α,β-unsaturated/α-hetero) is 2. The van der Waals surface area contributed by atoms with Crippen molar-refractivity contribution in [3.05, 3.63) is 58.5 Å². The molecule has 1 unspecified atom stereocenters. The predicted molar refractivity (Wildman–Crippen MR) is 107 cm³/mol. The van der Waals surface area contributed by atoms with Crippen LogP contribution in [0.15, 0.2) is 30.5 Å². The quantitative estimate of drug-likeness (QED) is 0.512. The summed E-state index contributed by atoms with van der Waals surface area (Å²) < 4.78 is 7.44. The molecule has 2 aromatic heterocycles. The maximum absolute atomic E-state index is 12.8. The van der Waals surface area contributed by atoms with Gasteiger partial charge in [-0.15, -0.1) is 0 Å². The fourth-order valence-electron chi connectivity index (χ4n) is 3.68. The lowest BCUT2D eigenvalue weighted by Crippen LogP contribution is -2.25. The van der Waals surface area contributed by atoms with Gasteiger partial charge in [0.25, 0.3) is 0 Å². The normalized spacial score (nSPS) is 12.2. The van der Waals surface area contributed by atoms with Crippen molar-refractivity contribution in [1.29, 1.82) is 0 Å². The van der Waals surface area contributed by atoms with Crippen LogP contribution in [0.5, 0.6) is 0 Å². The fourth-order valence-corrected chi connectivity index (χ4v) is 3.68. The summed E-state index contributed by atoms with van der Waals surface area (Å²) in [5.41, 5.74) is 3.41. The third-order valence-electron chi connectivity index (χ3n) is 5.04. The summed E-state index contributed by atoms with van der Waals surface area (Å²) in [6.07, 6.45) is 0.773. The molecule has 1 atom stereocenters. The van der Waals surface area contributed by atoms with Gasteiger partial charge < -0.3 is 14.3 Å². The lowest BCUT2D eigenvalue weighted by molar-refractivity contribution is 0.0318. The van der Waals surface area contributed by atoms with E-state index in [0.717, 1.165) is 17.4 Å². The zero-order chi connectivity index (χ0) is 20.6. The molecule has 0 saturated carbocycles. The van der Waals surface area contributed by atoms with Crippen molar-refractivity contribution < 1.29 is 19.1 Å². The number of esters is 1. The van der Waals surface area contributed by atoms with E-state index in [1.165, 1.54) is 6.92 Å². The summed E-state index contributed by atoms with van der Waals surface area (Å²) in [5, 5.41) is 0.791. The van der Waals surface area contributed by atoms with Gasteiger partial charge in [-0.25, -0.2) is 4.79 Å². The van der Waals surface area contributed by atoms with Gasteiger partial charge in [0.15, 0.2) is 11.9 Å². The van der Waals surface area contributed by atoms with E-state index in [9.17, 15) is 14.4 Å². The number of fused-ring (bicyclic) bond motifs is 1. The summed E-state index contributed by atoms with van der Waals surface area (Å²) >= 11 is 0. The third-order valence-corrected chi connectivity index (χ3v) is 5.04. The number of aryl methyl sites for hydroxylation is 2.